The minimum Gasteiger partial charge on any atom is -0.457 e. The molecule has 3 rings (SSSR count). The van der Waals surface area contributed by atoms with Gasteiger partial charge >= 0.3 is 0 Å². The fourth-order valence-corrected chi connectivity index (χ4v) is 2.00. The Bertz CT molecular complexity index is 834. The van der Waals surface area contributed by atoms with E-state index in [1.807, 2.05) is 54.6 Å². The molecule has 0 fully saturated rings. The van der Waals surface area contributed by atoms with Gasteiger partial charge in [-0.1, -0.05) is 29.4 Å². The molecular weight excluding hydrogens is 307 g/mol. The Hall–Kier alpha value is -3.21. The number of rotatable bonds is 5. The molecule has 24 heavy (non-hydrogen) atoms. The summed E-state index contributed by atoms with van der Waals surface area (Å²) in [5.41, 5.74) is 1.51. The molecule has 0 amide bonds. The second-order valence-corrected chi connectivity index (χ2v) is 5.01. The third-order valence-corrected chi connectivity index (χ3v) is 3.22. The average Bonchev–Trinajstić information content (AvgIpc) is 2.61. The lowest BCUT2D eigenvalue weighted by Crippen LogP contribution is -1.99. The van der Waals surface area contributed by atoms with E-state index in [9.17, 15) is 4.39 Å². The highest BCUT2D eigenvalue weighted by atomic mass is 19.1. The summed E-state index contributed by atoms with van der Waals surface area (Å²) >= 11 is 0. The van der Waals surface area contributed by atoms with Crippen LogP contribution in [-0.4, -0.2) is 10.7 Å². The van der Waals surface area contributed by atoms with Crippen molar-refractivity contribution in [1.82, 2.24) is 4.98 Å². The Labute approximate surface area is 139 Å². The Morgan fingerprint density at radius 2 is 1.58 bits per heavy atom. The molecule has 0 radical (unpaired) electrons. The Balaban J connectivity index is 1.67. The zero-order valence-electron chi connectivity index (χ0n) is 13.0. The van der Waals surface area contributed by atoms with E-state index in [1.54, 1.807) is 6.92 Å². The van der Waals surface area contributed by atoms with Gasteiger partial charge in [-0.2, -0.15) is 9.37 Å². The van der Waals surface area contributed by atoms with Crippen LogP contribution in [0.4, 0.5) is 4.39 Å². The van der Waals surface area contributed by atoms with Crippen molar-refractivity contribution in [2.24, 2.45) is 5.16 Å². The fourth-order valence-electron chi connectivity index (χ4n) is 2.00. The first kappa shape index (κ1) is 15.7. The first-order chi connectivity index (χ1) is 11.7. The summed E-state index contributed by atoms with van der Waals surface area (Å²) in [5.74, 6) is 1.00. The van der Waals surface area contributed by atoms with Crippen LogP contribution in [0.5, 0.6) is 17.4 Å². The lowest BCUT2D eigenvalue weighted by Gasteiger charge is -2.06. The standard InChI is InChI=1S/C19H15FN2O2/c1-14(22-24-19-9-5-8-18(20)21-19)15-10-12-17(13-11-15)23-16-6-3-2-4-7-16/h2-13H,1H3/b22-14+. The summed E-state index contributed by atoms with van der Waals surface area (Å²) < 4.78 is 18.7. The molecule has 0 saturated carbocycles. The molecule has 4 nitrogen and oxygen atoms in total. The quantitative estimate of drug-likeness (QED) is 0.384. The summed E-state index contributed by atoms with van der Waals surface area (Å²) in [7, 11) is 0. The monoisotopic (exact) mass is 322 g/mol. The van der Waals surface area contributed by atoms with Crippen molar-refractivity contribution >= 4 is 5.71 Å². The first-order valence-corrected chi connectivity index (χ1v) is 7.38. The maximum atomic E-state index is 13.0. The maximum absolute atomic E-state index is 13.0. The molecule has 5 heteroatoms. The third-order valence-electron chi connectivity index (χ3n) is 3.22. The van der Waals surface area contributed by atoms with Crippen molar-refractivity contribution in [3.05, 3.63) is 84.3 Å². The molecule has 0 saturated heterocycles. The van der Waals surface area contributed by atoms with Crippen LogP contribution < -0.4 is 9.57 Å². The van der Waals surface area contributed by atoms with E-state index in [0.717, 1.165) is 17.1 Å². The summed E-state index contributed by atoms with van der Waals surface area (Å²) in [6.07, 6.45) is 0. The van der Waals surface area contributed by atoms with Crippen molar-refractivity contribution in [1.29, 1.82) is 0 Å². The van der Waals surface area contributed by atoms with Gasteiger partial charge in [0.25, 0.3) is 5.88 Å². The van der Waals surface area contributed by atoms with Crippen molar-refractivity contribution in [2.45, 2.75) is 6.92 Å². The molecule has 0 aliphatic rings. The number of hydrogen-bond donors (Lipinski definition) is 0. The van der Waals surface area contributed by atoms with Crippen LogP contribution in [0, 0.1) is 5.95 Å². The van der Waals surface area contributed by atoms with Crippen molar-refractivity contribution in [3.8, 4) is 17.4 Å². The van der Waals surface area contributed by atoms with Crippen LogP contribution in [0.25, 0.3) is 0 Å². The van der Waals surface area contributed by atoms with Crippen LogP contribution in [0.3, 0.4) is 0 Å². The first-order valence-electron chi connectivity index (χ1n) is 7.38. The molecular formula is C19H15FN2O2. The minimum atomic E-state index is -0.609. The number of aromatic nitrogens is 1. The summed E-state index contributed by atoms with van der Waals surface area (Å²) in [4.78, 5) is 8.72. The van der Waals surface area contributed by atoms with Crippen LogP contribution in [0.15, 0.2) is 78.0 Å². The van der Waals surface area contributed by atoms with Gasteiger partial charge < -0.3 is 9.57 Å². The molecule has 120 valence electrons. The summed E-state index contributed by atoms with van der Waals surface area (Å²) in [6.45, 7) is 1.80. The van der Waals surface area contributed by atoms with Gasteiger partial charge in [0.15, 0.2) is 0 Å². The Morgan fingerprint density at radius 1 is 0.875 bits per heavy atom. The van der Waals surface area contributed by atoms with E-state index in [4.69, 9.17) is 9.57 Å². The third kappa shape index (κ3) is 4.16. The molecule has 0 unspecified atom stereocenters. The number of para-hydroxylation sites is 1. The molecule has 0 atom stereocenters. The highest BCUT2D eigenvalue weighted by Gasteiger charge is 2.02. The molecule has 0 aliphatic carbocycles. The maximum Gasteiger partial charge on any atom is 0.251 e. The molecule has 0 bridgehead atoms. The van der Waals surface area contributed by atoms with Gasteiger partial charge in [-0.3, -0.25) is 0 Å². The van der Waals surface area contributed by atoms with E-state index < -0.39 is 5.95 Å². The fraction of sp³-hybridized carbons (Fsp3) is 0.0526. The van der Waals surface area contributed by atoms with E-state index in [-0.39, 0.29) is 5.88 Å². The summed E-state index contributed by atoms with van der Waals surface area (Å²) in [5, 5.41) is 3.97. The van der Waals surface area contributed by atoms with Crippen LogP contribution in [-0.2, 0) is 0 Å². The van der Waals surface area contributed by atoms with Gasteiger partial charge in [-0.15, -0.1) is 0 Å². The second-order valence-electron chi connectivity index (χ2n) is 5.01. The number of benzene rings is 2. The van der Waals surface area contributed by atoms with Crippen molar-refractivity contribution in [2.75, 3.05) is 0 Å². The van der Waals surface area contributed by atoms with Crippen molar-refractivity contribution < 1.29 is 14.0 Å². The highest BCUT2D eigenvalue weighted by molar-refractivity contribution is 5.98. The Kier molecular flexibility index (Phi) is 4.81. The number of ether oxygens (including phenoxy) is 1. The predicted octanol–water partition coefficient (Wildman–Crippen LogP) is 4.82. The van der Waals surface area contributed by atoms with Gasteiger partial charge in [0.2, 0.25) is 5.95 Å². The normalized spacial score (nSPS) is 11.2. The highest BCUT2D eigenvalue weighted by Crippen LogP contribution is 2.21. The SMILES string of the molecule is C/C(=N\Oc1cccc(F)n1)c1ccc(Oc2ccccc2)cc1. The molecule has 2 aromatic carbocycles. The van der Waals surface area contributed by atoms with Gasteiger partial charge in [0.1, 0.15) is 11.5 Å². The molecule has 0 spiro atoms. The number of halogens is 1. The largest absolute Gasteiger partial charge is 0.457 e. The van der Waals surface area contributed by atoms with E-state index in [1.165, 1.54) is 18.2 Å². The minimum absolute atomic E-state index is 0.110. The lowest BCUT2D eigenvalue weighted by molar-refractivity contribution is 0.321. The Morgan fingerprint density at radius 3 is 2.29 bits per heavy atom. The van der Waals surface area contributed by atoms with Gasteiger partial charge in [0.05, 0.1) is 5.71 Å². The molecule has 3 aromatic rings. The zero-order valence-corrected chi connectivity index (χ0v) is 13.0. The van der Waals surface area contributed by atoms with Gasteiger partial charge in [0, 0.05) is 6.07 Å². The second kappa shape index (κ2) is 7.37. The average molecular weight is 322 g/mol. The van der Waals surface area contributed by atoms with Gasteiger partial charge in [-0.05, 0) is 55.0 Å². The topological polar surface area (TPSA) is 43.7 Å². The number of pyridine rings is 1. The molecule has 0 N–H and O–H groups in total. The zero-order chi connectivity index (χ0) is 16.8. The van der Waals surface area contributed by atoms with Gasteiger partial charge in [-0.25, -0.2) is 0 Å². The number of hydrogen-bond acceptors (Lipinski definition) is 4. The smallest absolute Gasteiger partial charge is 0.251 e. The number of nitrogens with zero attached hydrogens (tertiary/aromatic N) is 2. The molecule has 1 aromatic heterocycles. The van der Waals surface area contributed by atoms with Crippen LogP contribution in [0.1, 0.15) is 12.5 Å². The predicted molar refractivity (Wildman–Crippen MR) is 90.0 cm³/mol. The molecule has 1 heterocycles. The van der Waals surface area contributed by atoms with E-state index in [2.05, 4.69) is 10.1 Å². The van der Waals surface area contributed by atoms with Crippen LogP contribution in [0.2, 0.25) is 0 Å². The van der Waals surface area contributed by atoms with E-state index >= 15 is 0 Å². The van der Waals surface area contributed by atoms with Crippen LogP contribution >= 0.6 is 0 Å². The molecule has 0 aliphatic heterocycles. The lowest BCUT2D eigenvalue weighted by atomic mass is 10.1. The van der Waals surface area contributed by atoms with E-state index in [0.29, 0.717) is 5.71 Å². The van der Waals surface area contributed by atoms with Crippen molar-refractivity contribution in [3.63, 3.8) is 0 Å². The number of oxime groups is 1. The summed E-state index contributed by atoms with van der Waals surface area (Å²) in [6, 6.07) is 21.3.